The normalized spacial score (nSPS) is 9.92. The van der Waals surface area contributed by atoms with E-state index in [0.717, 1.165) is 6.20 Å². The van der Waals surface area contributed by atoms with Gasteiger partial charge in [0.15, 0.2) is 5.78 Å². The number of rotatable bonds is 3. The molecule has 0 fully saturated rings. The van der Waals surface area contributed by atoms with Gasteiger partial charge in [-0.2, -0.15) is 0 Å². The van der Waals surface area contributed by atoms with Crippen LogP contribution in [-0.2, 0) is 0 Å². The van der Waals surface area contributed by atoms with E-state index in [2.05, 4.69) is 4.98 Å². The number of hydrogen-bond donors (Lipinski definition) is 2. The molecule has 13 heavy (non-hydrogen) atoms. The molecule has 0 bridgehead atoms. The zero-order chi connectivity index (χ0) is 9.84. The van der Waals surface area contributed by atoms with Gasteiger partial charge in [0.2, 0.25) is 0 Å². The molecular formula is C8H10N2O3. The van der Waals surface area contributed by atoms with Gasteiger partial charge in [-0.25, -0.2) is 4.79 Å². The van der Waals surface area contributed by atoms with Gasteiger partial charge in [0.25, 0.3) is 5.56 Å². The van der Waals surface area contributed by atoms with Crippen molar-refractivity contribution in [2.75, 3.05) is 0 Å². The lowest BCUT2D eigenvalue weighted by atomic mass is 10.1. The topological polar surface area (TPSA) is 82.8 Å². The largest absolute Gasteiger partial charge is 0.325 e. The van der Waals surface area contributed by atoms with Crippen molar-refractivity contribution >= 4 is 5.78 Å². The summed E-state index contributed by atoms with van der Waals surface area (Å²) in [7, 11) is 0. The van der Waals surface area contributed by atoms with Crippen LogP contribution in [0.5, 0.6) is 0 Å². The fourth-order valence-corrected chi connectivity index (χ4v) is 0.979. The molecule has 0 saturated carbocycles. The molecule has 0 aliphatic rings. The Bertz CT molecular complexity index is 416. The summed E-state index contributed by atoms with van der Waals surface area (Å²) in [5.41, 5.74) is -1.21. The Morgan fingerprint density at radius 2 is 2.15 bits per heavy atom. The van der Waals surface area contributed by atoms with E-state index in [1.807, 2.05) is 11.9 Å². The van der Waals surface area contributed by atoms with Crippen molar-refractivity contribution < 1.29 is 4.79 Å². The van der Waals surface area contributed by atoms with Crippen LogP contribution in [0.2, 0.25) is 0 Å². The molecule has 70 valence electrons. The smallest absolute Gasteiger partial charge is 0.313 e. The van der Waals surface area contributed by atoms with Crippen LogP contribution < -0.4 is 11.2 Å². The van der Waals surface area contributed by atoms with Gasteiger partial charge in [-0.05, 0) is 6.42 Å². The highest BCUT2D eigenvalue weighted by Crippen LogP contribution is 1.96. The van der Waals surface area contributed by atoms with E-state index in [9.17, 15) is 14.4 Å². The van der Waals surface area contributed by atoms with Gasteiger partial charge in [-0.15, -0.1) is 0 Å². The summed E-state index contributed by atoms with van der Waals surface area (Å²) in [6.45, 7) is 1.85. The van der Waals surface area contributed by atoms with E-state index in [4.69, 9.17) is 0 Å². The molecular weight excluding hydrogens is 172 g/mol. The lowest BCUT2D eigenvalue weighted by Gasteiger charge is -1.95. The minimum atomic E-state index is -0.623. The Morgan fingerprint density at radius 3 is 2.69 bits per heavy atom. The molecule has 0 saturated heterocycles. The molecule has 1 aromatic heterocycles. The maximum atomic E-state index is 11.2. The van der Waals surface area contributed by atoms with Crippen LogP contribution in [0.3, 0.4) is 0 Å². The molecule has 0 amide bonds. The number of aromatic nitrogens is 2. The molecule has 0 aromatic carbocycles. The summed E-state index contributed by atoms with van der Waals surface area (Å²) >= 11 is 0. The molecule has 5 nitrogen and oxygen atoms in total. The summed E-state index contributed by atoms with van der Waals surface area (Å²) in [4.78, 5) is 37.1. The van der Waals surface area contributed by atoms with Crippen molar-refractivity contribution in [2.45, 2.75) is 19.8 Å². The summed E-state index contributed by atoms with van der Waals surface area (Å²) < 4.78 is 0. The van der Waals surface area contributed by atoms with Gasteiger partial charge in [0, 0.05) is 12.6 Å². The standard InChI is InChI=1S/C8H10N2O3/c1-2-3-6(11)5-4-9-8(13)10-7(5)12/h4H,2-3H2,1H3,(H2,9,10,12,13). The van der Waals surface area contributed by atoms with Crippen LogP contribution in [0, 0.1) is 0 Å². The van der Waals surface area contributed by atoms with Crippen LogP contribution in [-0.4, -0.2) is 15.8 Å². The third kappa shape index (κ3) is 2.14. The molecule has 1 rings (SSSR count). The molecule has 1 aromatic rings. The minimum absolute atomic E-state index is 0.0152. The monoisotopic (exact) mass is 182 g/mol. The molecule has 2 N–H and O–H groups in total. The molecule has 0 unspecified atom stereocenters. The predicted octanol–water partition coefficient (Wildman–Crippen LogP) is 0.0460. The highest BCUT2D eigenvalue weighted by molar-refractivity contribution is 5.95. The second-order valence-electron chi connectivity index (χ2n) is 2.66. The lowest BCUT2D eigenvalue weighted by molar-refractivity contribution is 0.0980. The first-order chi connectivity index (χ1) is 6.15. The average molecular weight is 182 g/mol. The Hall–Kier alpha value is -1.65. The van der Waals surface area contributed by atoms with Crippen LogP contribution in [0.25, 0.3) is 0 Å². The van der Waals surface area contributed by atoms with Gasteiger partial charge in [0.1, 0.15) is 0 Å². The van der Waals surface area contributed by atoms with Crippen molar-refractivity contribution in [1.29, 1.82) is 0 Å². The van der Waals surface area contributed by atoms with E-state index < -0.39 is 11.2 Å². The number of H-pyrrole nitrogens is 2. The zero-order valence-electron chi connectivity index (χ0n) is 7.22. The average Bonchev–Trinajstić information content (AvgIpc) is 2.04. The van der Waals surface area contributed by atoms with E-state index >= 15 is 0 Å². The first-order valence-corrected chi connectivity index (χ1v) is 4.00. The van der Waals surface area contributed by atoms with Crippen molar-refractivity contribution in [3.63, 3.8) is 0 Å². The number of carbonyl (C=O) groups is 1. The number of hydrogen-bond acceptors (Lipinski definition) is 3. The SMILES string of the molecule is CCCC(=O)c1c[nH]c(=O)[nH]c1=O. The molecule has 0 radical (unpaired) electrons. The van der Waals surface area contributed by atoms with Crippen LogP contribution in [0.4, 0.5) is 0 Å². The summed E-state index contributed by atoms with van der Waals surface area (Å²) in [5, 5.41) is 0. The number of aromatic amines is 2. The zero-order valence-corrected chi connectivity index (χ0v) is 7.22. The van der Waals surface area contributed by atoms with E-state index in [0.29, 0.717) is 12.8 Å². The maximum Gasteiger partial charge on any atom is 0.325 e. The highest BCUT2D eigenvalue weighted by Gasteiger charge is 2.08. The Labute approximate surface area is 73.8 Å². The Morgan fingerprint density at radius 1 is 1.46 bits per heavy atom. The number of ketones is 1. The number of nitrogens with one attached hydrogen (secondary N) is 2. The van der Waals surface area contributed by atoms with E-state index in [-0.39, 0.29) is 11.3 Å². The molecule has 0 atom stereocenters. The van der Waals surface area contributed by atoms with Crippen molar-refractivity contribution in [1.82, 2.24) is 9.97 Å². The Kier molecular flexibility index (Phi) is 2.79. The van der Waals surface area contributed by atoms with E-state index in [1.54, 1.807) is 0 Å². The maximum absolute atomic E-state index is 11.2. The lowest BCUT2D eigenvalue weighted by Crippen LogP contribution is -2.26. The van der Waals surface area contributed by atoms with Crippen molar-refractivity contribution in [3.05, 3.63) is 32.6 Å². The number of carbonyl (C=O) groups excluding carboxylic acids is 1. The second-order valence-corrected chi connectivity index (χ2v) is 2.66. The quantitative estimate of drug-likeness (QED) is 0.647. The third-order valence-corrected chi connectivity index (χ3v) is 1.60. The van der Waals surface area contributed by atoms with Crippen LogP contribution >= 0.6 is 0 Å². The molecule has 0 spiro atoms. The summed E-state index contributed by atoms with van der Waals surface area (Å²) in [6.07, 6.45) is 2.14. The molecule has 5 heteroatoms. The van der Waals surface area contributed by atoms with Crippen LogP contribution in [0.15, 0.2) is 15.8 Å². The molecule has 0 aliphatic carbocycles. The van der Waals surface area contributed by atoms with Gasteiger partial charge in [-0.3, -0.25) is 14.6 Å². The summed E-state index contributed by atoms with van der Waals surface area (Å²) in [5.74, 6) is -0.250. The van der Waals surface area contributed by atoms with Crippen LogP contribution in [0.1, 0.15) is 30.1 Å². The van der Waals surface area contributed by atoms with Gasteiger partial charge in [0.05, 0.1) is 5.56 Å². The fourth-order valence-electron chi connectivity index (χ4n) is 0.979. The predicted molar refractivity (Wildman–Crippen MR) is 46.9 cm³/mol. The molecule has 1 heterocycles. The second kappa shape index (κ2) is 3.84. The van der Waals surface area contributed by atoms with Crippen molar-refractivity contribution in [2.24, 2.45) is 0 Å². The minimum Gasteiger partial charge on any atom is -0.313 e. The van der Waals surface area contributed by atoms with Gasteiger partial charge < -0.3 is 4.98 Å². The van der Waals surface area contributed by atoms with Crippen molar-refractivity contribution in [3.8, 4) is 0 Å². The van der Waals surface area contributed by atoms with Gasteiger partial charge in [-0.1, -0.05) is 6.92 Å². The Balaban J connectivity index is 3.09. The van der Waals surface area contributed by atoms with Gasteiger partial charge >= 0.3 is 5.69 Å². The highest BCUT2D eigenvalue weighted by atomic mass is 16.2. The first kappa shape index (κ1) is 9.44. The first-order valence-electron chi connectivity index (χ1n) is 4.00. The van der Waals surface area contributed by atoms with E-state index in [1.165, 1.54) is 0 Å². The molecule has 0 aliphatic heterocycles. The fraction of sp³-hybridized carbons (Fsp3) is 0.375. The summed E-state index contributed by atoms with van der Waals surface area (Å²) in [6, 6.07) is 0. The number of Topliss-reactive ketones (excluding diaryl/α,β-unsaturated/α-hetero) is 1. The third-order valence-electron chi connectivity index (χ3n) is 1.60.